The lowest BCUT2D eigenvalue weighted by Gasteiger charge is -2.39. The Bertz CT molecular complexity index is 302. The molecule has 2 saturated heterocycles. The topological polar surface area (TPSA) is 30.0 Å². The van der Waals surface area contributed by atoms with Crippen LogP contribution in [0.15, 0.2) is 12.7 Å². The molecule has 0 aromatic heterocycles. The van der Waals surface area contributed by atoms with Crippen LogP contribution in [0, 0.1) is 0 Å². The standard InChI is InChI=1S/C17H33N3O/c1-3-4-8-17(21)15-19-9-6-5-7-16(14-19)20-12-10-18(2)11-13-20/h3,16-17,21H,1,4-15H2,2H3. The molecular formula is C17H33N3O. The summed E-state index contributed by atoms with van der Waals surface area (Å²) in [6, 6.07) is 0.688. The van der Waals surface area contributed by atoms with Crippen LogP contribution in [-0.4, -0.2) is 84.8 Å². The fourth-order valence-electron chi connectivity index (χ4n) is 3.55. The average Bonchev–Trinajstić information content (AvgIpc) is 2.71. The number of piperazine rings is 1. The van der Waals surface area contributed by atoms with E-state index >= 15 is 0 Å². The first-order valence-corrected chi connectivity index (χ1v) is 8.63. The van der Waals surface area contributed by atoms with Gasteiger partial charge < -0.3 is 10.0 Å². The number of hydrogen-bond acceptors (Lipinski definition) is 4. The van der Waals surface area contributed by atoms with Crippen molar-refractivity contribution in [2.75, 3.05) is 52.9 Å². The van der Waals surface area contributed by atoms with Gasteiger partial charge in [-0.15, -0.1) is 6.58 Å². The number of β-amino-alcohol motifs (C(OH)–C–C–N with tert-alkyl or cyclic N) is 1. The molecule has 2 atom stereocenters. The minimum atomic E-state index is -0.200. The Morgan fingerprint density at radius 2 is 1.95 bits per heavy atom. The van der Waals surface area contributed by atoms with Crippen molar-refractivity contribution in [1.82, 2.24) is 14.7 Å². The van der Waals surface area contributed by atoms with Gasteiger partial charge in [-0.25, -0.2) is 0 Å². The normalized spacial score (nSPS) is 28.2. The van der Waals surface area contributed by atoms with Crippen LogP contribution in [0.3, 0.4) is 0 Å². The van der Waals surface area contributed by atoms with Gasteiger partial charge in [-0.3, -0.25) is 9.80 Å². The molecule has 0 saturated carbocycles. The predicted molar refractivity (Wildman–Crippen MR) is 88.6 cm³/mol. The third-order valence-electron chi connectivity index (χ3n) is 4.96. The third kappa shape index (κ3) is 5.70. The zero-order valence-corrected chi connectivity index (χ0v) is 13.7. The van der Waals surface area contributed by atoms with Crippen LogP contribution in [0.4, 0.5) is 0 Å². The lowest BCUT2D eigenvalue weighted by molar-refractivity contribution is 0.0663. The minimum absolute atomic E-state index is 0.200. The molecule has 0 spiro atoms. The molecule has 4 nitrogen and oxygen atoms in total. The van der Waals surface area contributed by atoms with Crippen molar-refractivity contribution >= 4 is 0 Å². The smallest absolute Gasteiger partial charge is 0.0670 e. The molecule has 4 heteroatoms. The lowest BCUT2D eigenvalue weighted by atomic mass is 10.1. The minimum Gasteiger partial charge on any atom is -0.392 e. The summed E-state index contributed by atoms with van der Waals surface area (Å²) in [6.45, 7) is 11.6. The molecule has 0 bridgehead atoms. The van der Waals surface area contributed by atoms with Crippen molar-refractivity contribution in [3.8, 4) is 0 Å². The van der Waals surface area contributed by atoms with Crippen LogP contribution in [0.25, 0.3) is 0 Å². The van der Waals surface area contributed by atoms with Crippen LogP contribution < -0.4 is 0 Å². The number of hydrogen-bond donors (Lipinski definition) is 1. The molecule has 2 aliphatic rings. The highest BCUT2D eigenvalue weighted by atomic mass is 16.3. The molecule has 2 heterocycles. The van der Waals surface area contributed by atoms with Crippen LogP contribution in [0.2, 0.25) is 0 Å². The van der Waals surface area contributed by atoms with Gasteiger partial charge in [0.1, 0.15) is 0 Å². The van der Waals surface area contributed by atoms with Crippen LogP contribution in [-0.2, 0) is 0 Å². The monoisotopic (exact) mass is 295 g/mol. The summed E-state index contributed by atoms with van der Waals surface area (Å²) in [5, 5.41) is 10.1. The third-order valence-corrected chi connectivity index (χ3v) is 4.96. The highest BCUT2D eigenvalue weighted by Gasteiger charge is 2.26. The number of aliphatic hydroxyl groups excluding tert-OH is 1. The van der Waals surface area contributed by atoms with E-state index < -0.39 is 0 Å². The fourth-order valence-corrected chi connectivity index (χ4v) is 3.55. The second-order valence-corrected chi connectivity index (χ2v) is 6.77. The van der Waals surface area contributed by atoms with E-state index in [1.165, 1.54) is 45.4 Å². The van der Waals surface area contributed by atoms with Gasteiger partial charge in [0.2, 0.25) is 0 Å². The van der Waals surface area contributed by atoms with Gasteiger partial charge in [-0.1, -0.05) is 12.5 Å². The number of rotatable bonds is 6. The van der Waals surface area contributed by atoms with E-state index in [2.05, 4.69) is 28.3 Å². The van der Waals surface area contributed by atoms with E-state index in [1.807, 2.05) is 6.08 Å². The Kier molecular flexibility index (Phi) is 7.17. The van der Waals surface area contributed by atoms with Crippen molar-refractivity contribution in [2.24, 2.45) is 0 Å². The zero-order valence-electron chi connectivity index (χ0n) is 13.7. The first kappa shape index (κ1) is 16.9. The van der Waals surface area contributed by atoms with Crippen LogP contribution in [0.1, 0.15) is 32.1 Å². The second kappa shape index (κ2) is 8.89. The zero-order chi connectivity index (χ0) is 15.1. The summed E-state index contributed by atoms with van der Waals surface area (Å²) in [5.41, 5.74) is 0. The molecule has 0 amide bonds. The Morgan fingerprint density at radius 3 is 2.67 bits per heavy atom. The van der Waals surface area contributed by atoms with Crippen LogP contribution in [0.5, 0.6) is 0 Å². The molecule has 0 aromatic carbocycles. The molecule has 2 fully saturated rings. The van der Waals surface area contributed by atoms with E-state index in [-0.39, 0.29) is 6.10 Å². The summed E-state index contributed by atoms with van der Waals surface area (Å²) in [6.07, 6.45) is 7.39. The van der Waals surface area contributed by atoms with E-state index in [1.54, 1.807) is 0 Å². The highest BCUT2D eigenvalue weighted by molar-refractivity contribution is 4.83. The van der Waals surface area contributed by atoms with Gasteiger partial charge in [0, 0.05) is 45.3 Å². The summed E-state index contributed by atoms with van der Waals surface area (Å²) < 4.78 is 0. The SMILES string of the molecule is C=CCCC(O)CN1CCCCC(N2CCN(C)CC2)C1. The van der Waals surface area contributed by atoms with E-state index in [0.29, 0.717) is 6.04 Å². The Morgan fingerprint density at radius 1 is 1.19 bits per heavy atom. The maximum atomic E-state index is 10.1. The number of likely N-dealkylation sites (tertiary alicyclic amines) is 1. The average molecular weight is 295 g/mol. The molecule has 0 radical (unpaired) electrons. The van der Waals surface area contributed by atoms with Gasteiger partial charge in [0.05, 0.1) is 6.10 Å². The first-order chi connectivity index (χ1) is 10.2. The van der Waals surface area contributed by atoms with Gasteiger partial charge in [0.15, 0.2) is 0 Å². The number of nitrogens with zero attached hydrogens (tertiary/aromatic N) is 3. The Hall–Kier alpha value is -0.420. The molecule has 2 aliphatic heterocycles. The largest absolute Gasteiger partial charge is 0.392 e. The predicted octanol–water partition coefficient (Wildman–Crippen LogP) is 1.42. The van der Waals surface area contributed by atoms with Gasteiger partial charge in [-0.05, 0) is 39.3 Å². The van der Waals surface area contributed by atoms with E-state index in [9.17, 15) is 5.11 Å². The summed E-state index contributed by atoms with van der Waals surface area (Å²) in [5.74, 6) is 0. The first-order valence-electron chi connectivity index (χ1n) is 8.63. The number of aliphatic hydroxyl groups is 1. The number of likely N-dealkylation sites (N-methyl/N-ethyl adjacent to an activating group) is 1. The number of allylic oxidation sites excluding steroid dienone is 1. The van der Waals surface area contributed by atoms with Gasteiger partial charge in [0.25, 0.3) is 0 Å². The maximum Gasteiger partial charge on any atom is 0.0670 e. The highest BCUT2D eigenvalue weighted by Crippen LogP contribution is 2.18. The lowest BCUT2D eigenvalue weighted by Crippen LogP contribution is -2.52. The molecule has 21 heavy (non-hydrogen) atoms. The summed E-state index contributed by atoms with van der Waals surface area (Å²) in [7, 11) is 2.21. The summed E-state index contributed by atoms with van der Waals surface area (Å²) in [4.78, 5) is 7.59. The second-order valence-electron chi connectivity index (χ2n) is 6.77. The van der Waals surface area contributed by atoms with E-state index in [4.69, 9.17) is 0 Å². The molecular weight excluding hydrogens is 262 g/mol. The Labute approximate surface area is 130 Å². The summed E-state index contributed by atoms with van der Waals surface area (Å²) >= 11 is 0. The molecule has 1 N–H and O–H groups in total. The van der Waals surface area contributed by atoms with Gasteiger partial charge >= 0.3 is 0 Å². The van der Waals surface area contributed by atoms with Crippen molar-refractivity contribution in [1.29, 1.82) is 0 Å². The Balaban J connectivity index is 1.81. The quantitative estimate of drug-likeness (QED) is 0.751. The van der Waals surface area contributed by atoms with Crippen LogP contribution >= 0.6 is 0 Å². The van der Waals surface area contributed by atoms with Crippen molar-refractivity contribution in [3.05, 3.63) is 12.7 Å². The maximum absolute atomic E-state index is 10.1. The molecule has 2 rings (SSSR count). The molecule has 122 valence electrons. The molecule has 0 aromatic rings. The van der Waals surface area contributed by atoms with Crippen molar-refractivity contribution in [2.45, 2.75) is 44.2 Å². The van der Waals surface area contributed by atoms with Gasteiger partial charge in [-0.2, -0.15) is 0 Å². The van der Waals surface area contributed by atoms with Crippen molar-refractivity contribution in [3.63, 3.8) is 0 Å². The molecule has 2 unspecified atom stereocenters. The van der Waals surface area contributed by atoms with Crippen molar-refractivity contribution < 1.29 is 5.11 Å². The molecule has 0 aliphatic carbocycles. The fraction of sp³-hybridized carbons (Fsp3) is 0.882. The van der Waals surface area contributed by atoms with E-state index in [0.717, 1.165) is 32.5 Å².